The second-order valence-corrected chi connectivity index (χ2v) is 9.89. The molecule has 0 aliphatic carbocycles. The average Bonchev–Trinajstić information content (AvgIpc) is 3.02. The molecule has 0 fully saturated rings. The van der Waals surface area contributed by atoms with Gasteiger partial charge in [-0.25, -0.2) is 0 Å². The van der Waals surface area contributed by atoms with Crippen molar-refractivity contribution >= 4 is 18.8 Å². The molecule has 0 aromatic rings. The third-order valence-electron chi connectivity index (χ3n) is 6.54. The highest BCUT2D eigenvalue weighted by Crippen LogP contribution is 2.12. The van der Waals surface area contributed by atoms with Gasteiger partial charge in [0.05, 0.1) is 19.8 Å². The van der Waals surface area contributed by atoms with Crippen LogP contribution in [-0.2, 0) is 38.1 Å². The van der Waals surface area contributed by atoms with E-state index in [1.54, 1.807) is 27.6 Å². The fourth-order valence-electron chi connectivity index (χ4n) is 4.25. The number of carbonyl (C=O) groups excluding carboxylic acids is 3. The van der Waals surface area contributed by atoms with Crippen molar-refractivity contribution in [1.29, 1.82) is 10.5 Å². The van der Waals surface area contributed by atoms with Crippen LogP contribution in [0.3, 0.4) is 0 Å². The number of hydrazine groups is 2. The number of nitrogens with zero attached hydrogens (tertiary/aromatic N) is 5. The Morgan fingerprint density at radius 2 is 1.07 bits per heavy atom. The van der Waals surface area contributed by atoms with Crippen molar-refractivity contribution in [3.63, 3.8) is 0 Å². The average molecular weight is 612 g/mol. The number of ether oxygens (including phenoxy) is 5. The molecule has 0 atom stereocenters. The van der Waals surface area contributed by atoms with Crippen LogP contribution in [0.25, 0.3) is 0 Å². The zero-order valence-corrected chi connectivity index (χ0v) is 26.1. The number of amides is 2. The highest BCUT2D eigenvalue weighted by molar-refractivity contribution is 5.69. The van der Waals surface area contributed by atoms with Crippen molar-refractivity contribution < 1.29 is 38.1 Å². The van der Waals surface area contributed by atoms with Crippen LogP contribution in [0.4, 0.5) is 0 Å². The van der Waals surface area contributed by atoms with E-state index in [4.69, 9.17) is 34.2 Å². The highest BCUT2D eigenvalue weighted by Gasteiger charge is 2.20. The monoisotopic (exact) mass is 611 g/mol. The van der Waals surface area contributed by atoms with Gasteiger partial charge in [0.15, 0.2) is 0 Å². The Kier molecular flexibility index (Phi) is 29.5. The SMILES string of the molecule is CCOCCOCCOC(=O)CCCCCCCN(N(C=O)CCCCCCOC#N)N(C=O)CCCCCCOC#N. The van der Waals surface area contributed by atoms with E-state index in [0.29, 0.717) is 65.7 Å². The van der Waals surface area contributed by atoms with Gasteiger partial charge in [-0.2, -0.15) is 10.5 Å². The first-order valence-corrected chi connectivity index (χ1v) is 15.7. The van der Waals surface area contributed by atoms with Crippen LogP contribution in [0.15, 0.2) is 0 Å². The van der Waals surface area contributed by atoms with Gasteiger partial charge in [-0.05, 0) is 58.3 Å². The van der Waals surface area contributed by atoms with Crippen molar-refractivity contribution in [1.82, 2.24) is 15.1 Å². The Balaban J connectivity index is 4.51. The maximum Gasteiger partial charge on any atom is 0.305 e. The molecule has 0 aliphatic heterocycles. The number of rotatable bonds is 33. The van der Waals surface area contributed by atoms with Crippen LogP contribution >= 0.6 is 0 Å². The molecule has 0 aromatic heterocycles. The van der Waals surface area contributed by atoms with Crippen LogP contribution in [0.1, 0.15) is 96.8 Å². The molecule has 0 N–H and O–H groups in total. The molecule has 0 saturated carbocycles. The minimum Gasteiger partial charge on any atom is -0.463 e. The lowest BCUT2D eigenvalue weighted by Gasteiger charge is -2.38. The molecule has 2 amide bonds. The molecule has 0 unspecified atom stereocenters. The fraction of sp³-hybridized carbons (Fsp3) is 0.833. The van der Waals surface area contributed by atoms with Gasteiger partial charge in [0, 0.05) is 32.7 Å². The van der Waals surface area contributed by atoms with Gasteiger partial charge in [0.2, 0.25) is 12.8 Å². The summed E-state index contributed by atoms with van der Waals surface area (Å²) in [6.07, 6.45) is 16.1. The maximum atomic E-state index is 12.0. The molecular formula is C30H53N5O8. The van der Waals surface area contributed by atoms with Gasteiger partial charge in [0.1, 0.15) is 19.8 Å². The quantitative estimate of drug-likeness (QED) is 0.0346. The largest absolute Gasteiger partial charge is 0.463 e. The minimum atomic E-state index is -0.224. The van der Waals surface area contributed by atoms with Crippen molar-refractivity contribution in [2.24, 2.45) is 0 Å². The summed E-state index contributed by atoms with van der Waals surface area (Å²) in [6.45, 7) is 6.47. The van der Waals surface area contributed by atoms with Gasteiger partial charge in [-0.15, -0.1) is 5.12 Å². The molecule has 0 radical (unpaired) electrons. The van der Waals surface area contributed by atoms with E-state index >= 15 is 0 Å². The number of esters is 1. The Hall–Kier alpha value is -3.13. The number of carbonyl (C=O) groups is 3. The first-order valence-electron chi connectivity index (χ1n) is 15.7. The first kappa shape index (κ1) is 39.9. The predicted octanol–water partition coefficient (Wildman–Crippen LogP) is 4.09. The predicted molar refractivity (Wildman–Crippen MR) is 158 cm³/mol. The molecule has 246 valence electrons. The van der Waals surface area contributed by atoms with E-state index in [2.05, 4.69) is 0 Å². The van der Waals surface area contributed by atoms with Gasteiger partial charge in [-0.3, -0.25) is 24.4 Å². The normalized spacial score (nSPS) is 10.5. The molecule has 0 aliphatic rings. The van der Waals surface area contributed by atoms with Gasteiger partial charge < -0.3 is 23.7 Å². The van der Waals surface area contributed by atoms with Crippen molar-refractivity contribution in [2.75, 3.05) is 65.9 Å². The van der Waals surface area contributed by atoms with E-state index in [0.717, 1.165) is 96.3 Å². The Morgan fingerprint density at radius 3 is 1.60 bits per heavy atom. The number of hydrogen-bond acceptors (Lipinski definition) is 11. The summed E-state index contributed by atoms with van der Waals surface area (Å²) in [4.78, 5) is 36.0. The number of nitriles is 2. The summed E-state index contributed by atoms with van der Waals surface area (Å²) < 4.78 is 25.1. The lowest BCUT2D eigenvalue weighted by molar-refractivity contribution is -0.186. The second-order valence-electron chi connectivity index (χ2n) is 9.89. The van der Waals surface area contributed by atoms with E-state index in [1.165, 1.54) is 0 Å². The lowest BCUT2D eigenvalue weighted by Crippen LogP contribution is -2.53. The molecule has 0 bridgehead atoms. The third kappa shape index (κ3) is 25.1. The zero-order valence-electron chi connectivity index (χ0n) is 26.1. The van der Waals surface area contributed by atoms with Crippen LogP contribution in [0, 0.1) is 23.0 Å². The van der Waals surface area contributed by atoms with Crippen molar-refractivity contribution in [3.8, 4) is 12.5 Å². The smallest absolute Gasteiger partial charge is 0.305 e. The maximum absolute atomic E-state index is 12.0. The molecule has 13 heteroatoms. The molecule has 0 heterocycles. The number of unbranched alkanes of at least 4 members (excludes halogenated alkanes) is 10. The standard InChI is InChI=1S/C30H53N5O8/c1-2-39-22-23-40-24-25-43-30(38)16-10-4-3-5-13-19-35(33(28-36)17-11-6-8-14-20-41-26-31)34(29-37)18-12-7-9-15-21-42-27-32/h28-29H,2-25H2,1H3. The Labute approximate surface area is 257 Å². The van der Waals surface area contributed by atoms with E-state index < -0.39 is 0 Å². The Bertz CT molecular complexity index is 722. The number of hydrogen-bond donors (Lipinski definition) is 0. The van der Waals surface area contributed by atoms with Crippen LogP contribution in [-0.4, -0.2) is 99.8 Å². The molecule has 43 heavy (non-hydrogen) atoms. The molecule has 13 nitrogen and oxygen atoms in total. The van der Waals surface area contributed by atoms with Gasteiger partial charge >= 0.3 is 5.97 Å². The summed E-state index contributed by atoms with van der Waals surface area (Å²) in [5.41, 5.74) is 0. The molecular weight excluding hydrogens is 558 g/mol. The molecule has 0 aromatic carbocycles. The van der Waals surface area contributed by atoms with E-state index in [9.17, 15) is 14.4 Å². The van der Waals surface area contributed by atoms with Crippen LogP contribution in [0.2, 0.25) is 0 Å². The van der Waals surface area contributed by atoms with Gasteiger partial charge in [-0.1, -0.05) is 32.1 Å². The summed E-state index contributed by atoms with van der Waals surface area (Å²) in [6, 6.07) is 0. The summed E-state index contributed by atoms with van der Waals surface area (Å²) >= 11 is 0. The molecule has 0 saturated heterocycles. The van der Waals surface area contributed by atoms with Crippen molar-refractivity contribution in [2.45, 2.75) is 96.8 Å². The van der Waals surface area contributed by atoms with Crippen molar-refractivity contribution in [3.05, 3.63) is 0 Å². The fourth-order valence-corrected chi connectivity index (χ4v) is 4.25. The molecule has 0 rings (SSSR count). The van der Waals surface area contributed by atoms with E-state index in [1.807, 2.05) is 6.92 Å². The minimum absolute atomic E-state index is 0.224. The van der Waals surface area contributed by atoms with E-state index in [-0.39, 0.29) is 12.6 Å². The second kappa shape index (κ2) is 31.8. The molecule has 0 spiro atoms. The van der Waals surface area contributed by atoms with Crippen LogP contribution in [0.5, 0.6) is 0 Å². The summed E-state index contributed by atoms with van der Waals surface area (Å²) in [7, 11) is 0. The lowest BCUT2D eigenvalue weighted by atomic mass is 10.1. The summed E-state index contributed by atoms with van der Waals surface area (Å²) in [5.74, 6) is -0.224. The third-order valence-corrected chi connectivity index (χ3v) is 6.54. The Morgan fingerprint density at radius 1 is 0.605 bits per heavy atom. The van der Waals surface area contributed by atoms with Gasteiger partial charge in [0.25, 0.3) is 12.5 Å². The highest BCUT2D eigenvalue weighted by atomic mass is 16.6. The first-order chi connectivity index (χ1) is 21.1. The van der Waals surface area contributed by atoms with Crippen LogP contribution < -0.4 is 0 Å². The topological polar surface area (TPSA) is 155 Å². The zero-order chi connectivity index (χ0) is 31.6. The summed E-state index contributed by atoms with van der Waals surface area (Å²) in [5, 5.41) is 21.8.